The number of thiazole rings is 1. The molecule has 6 nitrogen and oxygen atoms in total. The molecule has 0 saturated heterocycles. The van der Waals surface area contributed by atoms with E-state index in [9.17, 15) is 9.59 Å². The number of nitrogens with one attached hydrogen (secondary N) is 2. The van der Waals surface area contributed by atoms with E-state index in [0.29, 0.717) is 11.7 Å². The molecular weight excluding hydrogens is 288 g/mol. The Balaban J connectivity index is 2.60. The number of hydrogen-bond acceptors (Lipinski definition) is 4. The summed E-state index contributed by atoms with van der Waals surface area (Å²) in [6.07, 6.45) is 1.79. The van der Waals surface area contributed by atoms with Crippen molar-refractivity contribution in [2.24, 2.45) is 5.92 Å². The normalized spacial score (nSPS) is 12.7. The molecule has 1 atom stereocenters. The number of nitrogens with zero attached hydrogens (tertiary/aromatic N) is 2. The van der Waals surface area contributed by atoms with E-state index in [1.54, 1.807) is 27.2 Å². The SMILES string of the molecule is CNC(=O)[C@@H](C)CN(C)C(=O)Nc1ncc(C(C)(C)C)s1. The summed E-state index contributed by atoms with van der Waals surface area (Å²) in [6, 6.07) is -0.263. The van der Waals surface area contributed by atoms with Crippen molar-refractivity contribution in [1.29, 1.82) is 0 Å². The van der Waals surface area contributed by atoms with E-state index in [1.165, 1.54) is 16.2 Å². The first-order chi connectivity index (χ1) is 9.65. The van der Waals surface area contributed by atoms with Crippen LogP contribution in [0.2, 0.25) is 0 Å². The lowest BCUT2D eigenvalue weighted by atomic mass is 9.96. The van der Waals surface area contributed by atoms with Gasteiger partial charge >= 0.3 is 6.03 Å². The van der Waals surface area contributed by atoms with Crippen molar-refractivity contribution in [3.05, 3.63) is 11.1 Å². The molecule has 118 valence electrons. The fourth-order valence-electron chi connectivity index (χ4n) is 1.69. The summed E-state index contributed by atoms with van der Waals surface area (Å²) in [7, 11) is 3.25. The zero-order valence-electron chi connectivity index (χ0n) is 13.5. The lowest BCUT2D eigenvalue weighted by Crippen LogP contribution is -2.39. The van der Waals surface area contributed by atoms with Crippen LogP contribution in [0.25, 0.3) is 0 Å². The molecule has 21 heavy (non-hydrogen) atoms. The summed E-state index contributed by atoms with van der Waals surface area (Å²) >= 11 is 1.47. The van der Waals surface area contributed by atoms with Crippen molar-refractivity contribution in [3.8, 4) is 0 Å². The Morgan fingerprint density at radius 3 is 2.52 bits per heavy atom. The van der Waals surface area contributed by atoms with Gasteiger partial charge in [-0.25, -0.2) is 9.78 Å². The van der Waals surface area contributed by atoms with Gasteiger partial charge in [0, 0.05) is 31.7 Å². The van der Waals surface area contributed by atoms with Gasteiger partial charge in [-0.2, -0.15) is 0 Å². The Kier molecular flexibility index (Phi) is 5.71. The molecule has 3 amide bonds. The van der Waals surface area contributed by atoms with E-state index in [1.807, 2.05) is 0 Å². The molecule has 2 N–H and O–H groups in total. The molecule has 7 heteroatoms. The van der Waals surface area contributed by atoms with Crippen molar-refractivity contribution in [2.45, 2.75) is 33.1 Å². The fraction of sp³-hybridized carbons (Fsp3) is 0.643. The molecule has 0 unspecified atom stereocenters. The van der Waals surface area contributed by atoms with Gasteiger partial charge in [-0.05, 0) is 5.41 Å². The van der Waals surface area contributed by atoms with Gasteiger partial charge < -0.3 is 10.2 Å². The second kappa shape index (κ2) is 6.89. The van der Waals surface area contributed by atoms with Crippen LogP contribution in [0.1, 0.15) is 32.6 Å². The first kappa shape index (κ1) is 17.4. The predicted molar refractivity (Wildman–Crippen MR) is 85.7 cm³/mol. The minimum atomic E-state index is -0.263. The highest BCUT2D eigenvalue weighted by atomic mass is 32.1. The molecule has 0 saturated carbocycles. The Morgan fingerprint density at radius 2 is 2.05 bits per heavy atom. The van der Waals surface area contributed by atoms with Crippen LogP contribution in [-0.4, -0.2) is 42.5 Å². The number of carbonyl (C=O) groups is 2. The average molecular weight is 312 g/mol. The van der Waals surface area contributed by atoms with E-state index in [2.05, 4.69) is 36.4 Å². The number of anilines is 1. The van der Waals surface area contributed by atoms with E-state index in [4.69, 9.17) is 0 Å². The Hall–Kier alpha value is -1.63. The summed E-state index contributed by atoms with van der Waals surface area (Å²) in [5.74, 6) is -0.342. The van der Waals surface area contributed by atoms with Gasteiger partial charge in [0.2, 0.25) is 5.91 Å². The topological polar surface area (TPSA) is 74.3 Å². The molecule has 0 fully saturated rings. The van der Waals surface area contributed by atoms with Crippen molar-refractivity contribution in [1.82, 2.24) is 15.2 Å². The van der Waals surface area contributed by atoms with Crippen LogP contribution in [0.4, 0.5) is 9.93 Å². The second-order valence-corrected chi connectivity index (χ2v) is 7.14. The van der Waals surface area contributed by atoms with Gasteiger partial charge in [0.05, 0.1) is 5.92 Å². The molecule has 1 rings (SSSR count). The zero-order valence-corrected chi connectivity index (χ0v) is 14.3. The van der Waals surface area contributed by atoms with Gasteiger partial charge in [0.1, 0.15) is 0 Å². The Labute approximate surface area is 129 Å². The largest absolute Gasteiger partial charge is 0.359 e. The summed E-state index contributed by atoms with van der Waals surface area (Å²) in [5, 5.41) is 5.90. The maximum absolute atomic E-state index is 12.1. The van der Waals surface area contributed by atoms with E-state index < -0.39 is 0 Å². The van der Waals surface area contributed by atoms with Crippen molar-refractivity contribution < 1.29 is 9.59 Å². The fourth-order valence-corrected chi connectivity index (χ4v) is 2.55. The quantitative estimate of drug-likeness (QED) is 0.896. The number of amides is 3. The highest BCUT2D eigenvalue weighted by Crippen LogP contribution is 2.30. The lowest BCUT2D eigenvalue weighted by molar-refractivity contribution is -0.124. The third-order valence-electron chi connectivity index (χ3n) is 3.05. The molecule has 1 aromatic rings. The van der Waals surface area contributed by atoms with Crippen molar-refractivity contribution >= 4 is 28.4 Å². The van der Waals surface area contributed by atoms with Crippen LogP contribution < -0.4 is 10.6 Å². The van der Waals surface area contributed by atoms with Crippen LogP contribution >= 0.6 is 11.3 Å². The van der Waals surface area contributed by atoms with Gasteiger partial charge in [-0.3, -0.25) is 10.1 Å². The number of urea groups is 1. The molecule has 0 aromatic carbocycles. The van der Waals surface area contributed by atoms with E-state index in [-0.39, 0.29) is 23.3 Å². The van der Waals surface area contributed by atoms with Crippen molar-refractivity contribution in [3.63, 3.8) is 0 Å². The third kappa shape index (κ3) is 5.00. The summed E-state index contributed by atoms with van der Waals surface area (Å²) in [4.78, 5) is 30.3. The zero-order chi connectivity index (χ0) is 16.2. The first-order valence-electron chi connectivity index (χ1n) is 6.85. The molecule has 0 bridgehead atoms. The molecule has 0 aliphatic heterocycles. The van der Waals surface area contributed by atoms with E-state index in [0.717, 1.165) is 4.88 Å². The molecule has 0 radical (unpaired) electrons. The van der Waals surface area contributed by atoms with Gasteiger partial charge in [-0.1, -0.05) is 27.7 Å². The minimum absolute atomic E-state index is 0.0142. The monoisotopic (exact) mass is 312 g/mol. The number of aromatic nitrogens is 1. The molecule has 0 aliphatic rings. The minimum Gasteiger partial charge on any atom is -0.359 e. The molecule has 1 heterocycles. The number of hydrogen-bond donors (Lipinski definition) is 2. The highest BCUT2D eigenvalue weighted by Gasteiger charge is 2.20. The Morgan fingerprint density at radius 1 is 1.43 bits per heavy atom. The van der Waals surface area contributed by atoms with Gasteiger partial charge in [0.15, 0.2) is 5.13 Å². The second-order valence-electron chi connectivity index (χ2n) is 6.11. The van der Waals surface area contributed by atoms with Crippen LogP contribution in [0.5, 0.6) is 0 Å². The predicted octanol–water partition coefficient (Wildman–Crippen LogP) is 2.29. The number of carbonyl (C=O) groups excluding carboxylic acids is 2. The van der Waals surface area contributed by atoms with E-state index >= 15 is 0 Å². The average Bonchev–Trinajstić information content (AvgIpc) is 2.85. The lowest BCUT2D eigenvalue weighted by Gasteiger charge is -2.20. The van der Waals surface area contributed by atoms with Gasteiger partial charge in [0.25, 0.3) is 0 Å². The summed E-state index contributed by atoms with van der Waals surface area (Å²) in [6.45, 7) is 8.43. The molecular formula is C14H24N4O2S. The Bertz CT molecular complexity index is 507. The van der Waals surface area contributed by atoms with Crippen LogP contribution in [0, 0.1) is 5.92 Å². The molecule has 1 aromatic heterocycles. The summed E-state index contributed by atoms with van der Waals surface area (Å²) in [5.41, 5.74) is 0.0142. The third-order valence-corrected chi connectivity index (χ3v) is 4.39. The highest BCUT2D eigenvalue weighted by molar-refractivity contribution is 7.15. The molecule has 0 spiro atoms. The van der Waals surface area contributed by atoms with Crippen LogP contribution in [0.15, 0.2) is 6.20 Å². The van der Waals surface area contributed by atoms with Crippen LogP contribution in [0.3, 0.4) is 0 Å². The summed E-state index contributed by atoms with van der Waals surface area (Å²) < 4.78 is 0. The standard InChI is InChI=1S/C14H24N4O2S/c1-9(11(19)15-5)8-18(6)13(20)17-12-16-7-10(21-12)14(2,3)4/h7,9H,8H2,1-6H3,(H,15,19)(H,16,17,20)/t9-/m0/s1. The maximum atomic E-state index is 12.1. The number of rotatable bonds is 4. The molecule has 0 aliphatic carbocycles. The first-order valence-corrected chi connectivity index (χ1v) is 7.66. The maximum Gasteiger partial charge on any atom is 0.323 e. The van der Waals surface area contributed by atoms with Crippen molar-refractivity contribution in [2.75, 3.05) is 26.0 Å². The smallest absolute Gasteiger partial charge is 0.323 e. The van der Waals surface area contributed by atoms with Gasteiger partial charge in [-0.15, -0.1) is 11.3 Å². The van der Waals surface area contributed by atoms with Crippen LogP contribution in [-0.2, 0) is 10.2 Å².